The molecular weight excluding hydrogens is 516 g/mol. The smallest absolute Gasteiger partial charge is 0.410 e. The fraction of sp³-hybridized carbons (Fsp3) is 0.607. The zero-order valence-corrected chi connectivity index (χ0v) is 23.6. The molecule has 12 heteroatoms. The number of hydrogen-bond acceptors (Lipinski definition) is 9. The standard InChI is InChI=1S/C28H38N6O6/c1-18-21-6-5-19(15-22(21)26(37)34(30-18)23-7-8-24(35)29-25(23)36)32-11-9-31(10-12-32)16-20-17-33(13-14-39-20)27(38)40-28(2,3)4/h5-6,15,20,23H,7-14,16-17H2,1-4H3,(H,29,35,36)/t20-,23?/m1/s1. The summed E-state index contributed by atoms with van der Waals surface area (Å²) in [7, 11) is 0. The van der Waals surface area contributed by atoms with E-state index in [1.165, 1.54) is 4.68 Å². The average molecular weight is 555 g/mol. The maximum Gasteiger partial charge on any atom is 0.410 e. The minimum atomic E-state index is -0.797. The number of ether oxygens (including phenoxy) is 2. The zero-order valence-electron chi connectivity index (χ0n) is 23.6. The Morgan fingerprint density at radius 1 is 1.10 bits per heavy atom. The highest BCUT2D eigenvalue weighted by atomic mass is 16.6. The van der Waals surface area contributed by atoms with Crippen molar-refractivity contribution < 1.29 is 23.9 Å². The van der Waals surface area contributed by atoms with E-state index in [-0.39, 0.29) is 36.5 Å². The third-order valence-electron chi connectivity index (χ3n) is 7.58. The summed E-state index contributed by atoms with van der Waals surface area (Å²) in [5.74, 6) is -0.823. The van der Waals surface area contributed by atoms with Crippen LogP contribution in [0.1, 0.15) is 45.3 Å². The normalized spacial score (nSPS) is 22.9. The van der Waals surface area contributed by atoms with Crippen LogP contribution in [0.4, 0.5) is 10.5 Å². The van der Waals surface area contributed by atoms with Crippen LogP contribution in [0.2, 0.25) is 0 Å². The van der Waals surface area contributed by atoms with Crippen molar-refractivity contribution in [3.63, 3.8) is 0 Å². The van der Waals surface area contributed by atoms with Crippen LogP contribution in [0.5, 0.6) is 0 Å². The van der Waals surface area contributed by atoms with Crippen molar-refractivity contribution in [2.75, 3.05) is 57.3 Å². The van der Waals surface area contributed by atoms with Gasteiger partial charge in [0.2, 0.25) is 5.91 Å². The molecule has 5 rings (SSSR count). The number of nitrogens with one attached hydrogen (secondary N) is 1. The summed E-state index contributed by atoms with van der Waals surface area (Å²) < 4.78 is 12.7. The first-order valence-electron chi connectivity index (χ1n) is 13.9. The molecule has 12 nitrogen and oxygen atoms in total. The van der Waals surface area contributed by atoms with E-state index < -0.39 is 17.6 Å². The molecule has 3 amide bonds. The summed E-state index contributed by atoms with van der Waals surface area (Å²) in [6, 6.07) is 5.00. The van der Waals surface area contributed by atoms with E-state index in [9.17, 15) is 19.2 Å². The van der Waals surface area contributed by atoms with Gasteiger partial charge in [0.1, 0.15) is 11.6 Å². The zero-order chi connectivity index (χ0) is 28.6. The quantitative estimate of drug-likeness (QED) is 0.559. The minimum Gasteiger partial charge on any atom is -0.444 e. The maximum absolute atomic E-state index is 13.4. The molecule has 216 valence electrons. The van der Waals surface area contributed by atoms with Gasteiger partial charge in [0.15, 0.2) is 0 Å². The van der Waals surface area contributed by atoms with Gasteiger partial charge in [0, 0.05) is 56.8 Å². The van der Waals surface area contributed by atoms with E-state index in [2.05, 4.69) is 20.2 Å². The third-order valence-corrected chi connectivity index (χ3v) is 7.58. The monoisotopic (exact) mass is 554 g/mol. The molecule has 3 fully saturated rings. The molecule has 0 bridgehead atoms. The van der Waals surface area contributed by atoms with E-state index in [4.69, 9.17) is 9.47 Å². The molecule has 0 spiro atoms. The lowest BCUT2D eigenvalue weighted by atomic mass is 10.1. The number of aromatic nitrogens is 2. The van der Waals surface area contributed by atoms with E-state index in [0.29, 0.717) is 30.8 Å². The average Bonchev–Trinajstić information content (AvgIpc) is 2.90. The fourth-order valence-corrected chi connectivity index (χ4v) is 5.53. The highest BCUT2D eigenvalue weighted by Gasteiger charge is 2.32. The maximum atomic E-state index is 13.4. The molecule has 2 aromatic rings. The number of carbonyl (C=O) groups is 3. The van der Waals surface area contributed by atoms with E-state index >= 15 is 0 Å². The Morgan fingerprint density at radius 2 is 1.85 bits per heavy atom. The van der Waals surface area contributed by atoms with Crippen molar-refractivity contribution in [2.45, 2.75) is 58.3 Å². The Labute approximate surface area is 233 Å². The van der Waals surface area contributed by atoms with Gasteiger partial charge in [0.05, 0.1) is 30.3 Å². The second kappa shape index (κ2) is 11.2. The van der Waals surface area contributed by atoms with Gasteiger partial charge in [-0.2, -0.15) is 5.10 Å². The van der Waals surface area contributed by atoms with Gasteiger partial charge in [-0.05, 0) is 46.2 Å². The lowest BCUT2D eigenvalue weighted by Gasteiger charge is -2.40. The van der Waals surface area contributed by atoms with Gasteiger partial charge < -0.3 is 19.3 Å². The summed E-state index contributed by atoms with van der Waals surface area (Å²) in [5.41, 5.74) is 0.731. The van der Waals surface area contributed by atoms with Gasteiger partial charge in [-0.15, -0.1) is 0 Å². The Balaban J connectivity index is 1.23. The summed E-state index contributed by atoms with van der Waals surface area (Å²) >= 11 is 0. The predicted octanol–water partition coefficient (Wildman–Crippen LogP) is 1.44. The number of fused-ring (bicyclic) bond motifs is 1. The lowest BCUT2D eigenvalue weighted by Crippen LogP contribution is -2.54. The molecule has 3 saturated heterocycles. The summed E-state index contributed by atoms with van der Waals surface area (Å²) in [6.07, 6.45) is 0.0557. The second-order valence-electron chi connectivity index (χ2n) is 11.7. The molecule has 40 heavy (non-hydrogen) atoms. The first-order valence-corrected chi connectivity index (χ1v) is 13.9. The Kier molecular flexibility index (Phi) is 7.83. The molecule has 1 aromatic carbocycles. The van der Waals surface area contributed by atoms with Crippen molar-refractivity contribution >= 4 is 34.4 Å². The van der Waals surface area contributed by atoms with Crippen LogP contribution in [0, 0.1) is 6.92 Å². The lowest BCUT2D eigenvalue weighted by molar-refractivity contribution is -0.136. The van der Waals surface area contributed by atoms with Crippen LogP contribution in [-0.4, -0.2) is 102 Å². The Bertz CT molecular complexity index is 1360. The molecule has 1 unspecified atom stereocenters. The molecule has 0 radical (unpaired) electrons. The number of hydrogen-bond donors (Lipinski definition) is 1. The molecule has 3 aliphatic heterocycles. The number of benzene rings is 1. The number of piperidine rings is 1. The molecule has 0 saturated carbocycles. The largest absolute Gasteiger partial charge is 0.444 e. The molecule has 1 N–H and O–H groups in total. The number of morpholine rings is 1. The van der Waals surface area contributed by atoms with Crippen LogP contribution in [0.25, 0.3) is 10.8 Å². The number of piperazine rings is 1. The first-order chi connectivity index (χ1) is 19.0. The number of carbonyl (C=O) groups excluding carboxylic acids is 3. The summed E-state index contributed by atoms with van der Waals surface area (Å²) in [5, 5.41) is 7.98. The van der Waals surface area contributed by atoms with Gasteiger partial charge >= 0.3 is 6.09 Å². The summed E-state index contributed by atoms with van der Waals surface area (Å²) in [4.78, 5) is 56.2. The highest BCUT2D eigenvalue weighted by Crippen LogP contribution is 2.25. The summed E-state index contributed by atoms with van der Waals surface area (Å²) in [6.45, 7) is 12.9. The minimum absolute atomic E-state index is 0.0743. The van der Waals surface area contributed by atoms with Gasteiger partial charge in [-0.3, -0.25) is 24.6 Å². The second-order valence-corrected chi connectivity index (χ2v) is 11.7. The predicted molar refractivity (Wildman–Crippen MR) is 148 cm³/mol. The van der Waals surface area contributed by atoms with Crippen LogP contribution < -0.4 is 15.8 Å². The number of anilines is 1. The van der Waals surface area contributed by atoms with Gasteiger partial charge in [-0.25, -0.2) is 9.48 Å². The molecule has 0 aliphatic carbocycles. The van der Waals surface area contributed by atoms with Crippen molar-refractivity contribution in [3.8, 4) is 0 Å². The van der Waals surface area contributed by atoms with Crippen molar-refractivity contribution in [1.82, 2.24) is 24.9 Å². The topological polar surface area (TPSA) is 126 Å². The third kappa shape index (κ3) is 6.12. The number of imide groups is 1. The molecular formula is C28H38N6O6. The highest BCUT2D eigenvalue weighted by molar-refractivity contribution is 5.99. The van der Waals surface area contributed by atoms with Crippen LogP contribution in [0.15, 0.2) is 23.0 Å². The van der Waals surface area contributed by atoms with Crippen molar-refractivity contribution in [2.24, 2.45) is 0 Å². The van der Waals surface area contributed by atoms with Crippen LogP contribution in [-0.2, 0) is 19.1 Å². The van der Waals surface area contributed by atoms with Crippen molar-refractivity contribution in [3.05, 3.63) is 34.2 Å². The Morgan fingerprint density at radius 3 is 2.55 bits per heavy atom. The number of amides is 3. The van der Waals surface area contributed by atoms with E-state index in [1.807, 2.05) is 45.9 Å². The van der Waals surface area contributed by atoms with Crippen molar-refractivity contribution in [1.29, 1.82) is 0 Å². The SMILES string of the molecule is Cc1nn(C2CCC(=O)NC2=O)c(=O)c2cc(N3CCN(C[C@@H]4CN(C(=O)OC(C)(C)C)CCO4)CC3)ccc12. The molecule has 1 aromatic heterocycles. The van der Waals surface area contributed by atoms with Crippen LogP contribution in [0.3, 0.4) is 0 Å². The fourth-order valence-electron chi connectivity index (χ4n) is 5.53. The van der Waals surface area contributed by atoms with E-state index in [1.54, 1.807) is 4.90 Å². The number of aryl methyl sites for hydroxylation is 1. The number of rotatable bonds is 4. The van der Waals surface area contributed by atoms with Gasteiger partial charge in [0.25, 0.3) is 11.5 Å². The van der Waals surface area contributed by atoms with E-state index in [0.717, 1.165) is 43.8 Å². The molecule has 3 aliphatic rings. The molecule has 2 atom stereocenters. The molecule has 4 heterocycles. The van der Waals surface area contributed by atoms with Gasteiger partial charge in [-0.1, -0.05) is 6.07 Å². The Hall–Kier alpha value is -3.51. The van der Waals surface area contributed by atoms with Crippen LogP contribution >= 0.6 is 0 Å². The first kappa shape index (κ1) is 28.0. The number of nitrogens with zero attached hydrogens (tertiary/aromatic N) is 5.